The molecule has 3 nitrogen and oxygen atoms in total. The van der Waals surface area contributed by atoms with Crippen molar-refractivity contribution in [2.24, 2.45) is 5.73 Å². The van der Waals surface area contributed by atoms with Gasteiger partial charge in [0.25, 0.3) is 0 Å². The number of likely N-dealkylation sites (N-methyl/N-ethyl adjacent to an activating group) is 1. The number of nitrogens with zero attached hydrogens (tertiary/aromatic N) is 2. The Bertz CT molecular complexity index is 315. The van der Waals surface area contributed by atoms with Gasteiger partial charge in [0.05, 0.1) is 0 Å². The number of aromatic nitrogens is 1. The summed E-state index contributed by atoms with van der Waals surface area (Å²) in [5.41, 5.74) is 8.37. The van der Waals surface area contributed by atoms with Gasteiger partial charge in [0.15, 0.2) is 0 Å². The Hall–Kier alpha value is -0.930. The zero-order valence-electron chi connectivity index (χ0n) is 10.1. The van der Waals surface area contributed by atoms with Gasteiger partial charge in [-0.05, 0) is 45.0 Å². The molecule has 0 aliphatic carbocycles. The maximum Gasteiger partial charge on any atom is 0.0315 e. The van der Waals surface area contributed by atoms with Crippen molar-refractivity contribution in [2.75, 3.05) is 13.6 Å². The second kappa shape index (κ2) is 4.73. The molecule has 1 aromatic heterocycles. The highest BCUT2D eigenvalue weighted by Gasteiger charge is 2.14. The number of nitrogens with two attached hydrogens (primary N) is 1. The predicted octanol–water partition coefficient (Wildman–Crippen LogP) is 1.56. The first-order valence-corrected chi connectivity index (χ1v) is 5.25. The van der Waals surface area contributed by atoms with Gasteiger partial charge in [0.1, 0.15) is 0 Å². The van der Waals surface area contributed by atoms with Crippen molar-refractivity contribution in [1.82, 2.24) is 9.88 Å². The van der Waals surface area contributed by atoms with E-state index in [2.05, 4.69) is 23.9 Å². The van der Waals surface area contributed by atoms with Crippen LogP contribution in [0.15, 0.2) is 18.5 Å². The molecule has 84 valence electrons. The summed E-state index contributed by atoms with van der Waals surface area (Å²) in [6.45, 7) is 7.97. The molecule has 0 saturated carbocycles. The Kier molecular flexibility index (Phi) is 3.83. The topological polar surface area (TPSA) is 42.2 Å². The molecule has 1 aromatic rings. The molecule has 0 bridgehead atoms. The first kappa shape index (κ1) is 12.1. The van der Waals surface area contributed by atoms with Crippen LogP contribution >= 0.6 is 0 Å². The maximum absolute atomic E-state index is 5.97. The summed E-state index contributed by atoms with van der Waals surface area (Å²) in [6, 6.07) is 2.04. The molecular formula is C12H21N3. The summed E-state index contributed by atoms with van der Waals surface area (Å²) in [5, 5.41) is 0. The maximum atomic E-state index is 5.97. The Morgan fingerprint density at radius 1 is 1.47 bits per heavy atom. The molecule has 0 aliphatic rings. The van der Waals surface area contributed by atoms with Crippen LogP contribution < -0.4 is 5.73 Å². The van der Waals surface area contributed by atoms with E-state index in [1.54, 1.807) is 0 Å². The Labute approximate surface area is 92.3 Å². The molecule has 2 N–H and O–H groups in total. The van der Waals surface area contributed by atoms with Crippen LogP contribution in [0.2, 0.25) is 0 Å². The first-order valence-electron chi connectivity index (χ1n) is 5.25. The number of hydrogen-bond acceptors (Lipinski definition) is 3. The normalized spacial score (nSPS) is 12.1. The van der Waals surface area contributed by atoms with E-state index in [4.69, 9.17) is 5.73 Å². The second-order valence-electron chi connectivity index (χ2n) is 4.96. The minimum Gasteiger partial charge on any atom is -0.324 e. The van der Waals surface area contributed by atoms with Gasteiger partial charge in [-0.1, -0.05) is 0 Å². The Morgan fingerprint density at radius 2 is 2.13 bits per heavy atom. The van der Waals surface area contributed by atoms with Crippen molar-refractivity contribution in [3.63, 3.8) is 0 Å². The highest BCUT2D eigenvalue weighted by atomic mass is 15.1. The summed E-state index contributed by atoms with van der Waals surface area (Å²) in [5.74, 6) is 0. The molecule has 0 amide bonds. The molecule has 1 rings (SSSR count). The Balaban J connectivity index is 2.59. The lowest BCUT2D eigenvalue weighted by atomic mass is 10.1. The number of aryl methyl sites for hydroxylation is 1. The van der Waals surface area contributed by atoms with Crippen LogP contribution in [0.4, 0.5) is 0 Å². The van der Waals surface area contributed by atoms with E-state index >= 15 is 0 Å². The van der Waals surface area contributed by atoms with Crippen molar-refractivity contribution in [1.29, 1.82) is 0 Å². The summed E-state index contributed by atoms with van der Waals surface area (Å²) in [6.07, 6.45) is 3.75. The van der Waals surface area contributed by atoms with Crippen molar-refractivity contribution in [2.45, 2.75) is 32.9 Å². The molecule has 0 fully saturated rings. The monoisotopic (exact) mass is 207 g/mol. The fourth-order valence-electron chi connectivity index (χ4n) is 1.70. The highest BCUT2D eigenvalue weighted by Crippen LogP contribution is 2.09. The fourth-order valence-corrected chi connectivity index (χ4v) is 1.70. The molecule has 0 saturated heterocycles. The van der Waals surface area contributed by atoms with Crippen LogP contribution in [0.1, 0.15) is 25.0 Å². The SMILES string of the molecule is Cc1ccncc1CN(C)CC(C)(C)N. The van der Waals surface area contributed by atoms with E-state index in [0.717, 1.165) is 13.1 Å². The number of rotatable bonds is 4. The van der Waals surface area contributed by atoms with E-state index in [1.165, 1.54) is 11.1 Å². The van der Waals surface area contributed by atoms with Gasteiger partial charge >= 0.3 is 0 Å². The molecule has 15 heavy (non-hydrogen) atoms. The molecule has 0 aliphatic heterocycles. The van der Waals surface area contributed by atoms with Gasteiger partial charge in [0.2, 0.25) is 0 Å². The third-order valence-electron chi connectivity index (χ3n) is 2.27. The minimum absolute atomic E-state index is 0.148. The minimum atomic E-state index is -0.148. The van der Waals surface area contributed by atoms with Crippen LogP contribution in [0.5, 0.6) is 0 Å². The van der Waals surface area contributed by atoms with Crippen LogP contribution in [0, 0.1) is 6.92 Å². The Morgan fingerprint density at radius 3 is 2.67 bits per heavy atom. The van der Waals surface area contributed by atoms with E-state index in [-0.39, 0.29) is 5.54 Å². The number of pyridine rings is 1. The fraction of sp³-hybridized carbons (Fsp3) is 0.583. The van der Waals surface area contributed by atoms with Crippen LogP contribution in [0.3, 0.4) is 0 Å². The summed E-state index contributed by atoms with van der Waals surface area (Å²) < 4.78 is 0. The quantitative estimate of drug-likeness (QED) is 0.814. The molecule has 0 atom stereocenters. The standard InChI is InChI=1S/C12H21N3/c1-10-5-6-14-7-11(10)8-15(4)9-12(2,3)13/h5-7H,8-9,13H2,1-4H3. The first-order chi connectivity index (χ1) is 6.88. The van der Waals surface area contributed by atoms with Crippen molar-refractivity contribution >= 4 is 0 Å². The van der Waals surface area contributed by atoms with Crippen LogP contribution in [-0.2, 0) is 6.54 Å². The zero-order chi connectivity index (χ0) is 11.5. The van der Waals surface area contributed by atoms with E-state index in [0.29, 0.717) is 0 Å². The van der Waals surface area contributed by atoms with E-state index in [9.17, 15) is 0 Å². The molecule has 0 radical (unpaired) electrons. The van der Waals surface area contributed by atoms with Gasteiger partial charge in [-0.3, -0.25) is 4.98 Å². The molecular weight excluding hydrogens is 186 g/mol. The van der Waals surface area contributed by atoms with Crippen LogP contribution in [-0.4, -0.2) is 29.0 Å². The van der Waals surface area contributed by atoms with E-state index < -0.39 is 0 Å². The largest absolute Gasteiger partial charge is 0.324 e. The second-order valence-corrected chi connectivity index (χ2v) is 4.96. The van der Waals surface area contributed by atoms with Crippen LogP contribution in [0.25, 0.3) is 0 Å². The van der Waals surface area contributed by atoms with Gasteiger partial charge in [-0.15, -0.1) is 0 Å². The van der Waals surface area contributed by atoms with Crippen molar-refractivity contribution in [3.05, 3.63) is 29.6 Å². The van der Waals surface area contributed by atoms with Gasteiger partial charge < -0.3 is 10.6 Å². The molecule has 0 spiro atoms. The average molecular weight is 207 g/mol. The molecule has 0 aromatic carbocycles. The lowest BCUT2D eigenvalue weighted by Crippen LogP contribution is -2.43. The van der Waals surface area contributed by atoms with E-state index in [1.807, 2.05) is 32.3 Å². The highest BCUT2D eigenvalue weighted by molar-refractivity contribution is 5.21. The third-order valence-corrected chi connectivity index (χ3v) is 2.27. The summed E-state index contributed by atoms with van der Waals surface area (Å²) >= 11 is 0. The van der Waals surface area contributed by atoms with Gasteiger partial charge in [0, 0.05) is 31.0 Å². The smallest absolute Gasteiger partial charge is 0.0315 e. The van der Waals surface area contributed by atoms with Gasteiger partial charge in [-0.2, -0.15) is 0 Å². The van der Waals surface area contributed by atoms with Crippen molar-refractivity contribution in [3.8, 4) is 0 Å². The summed E-state index contributed by atoms with van der Waals surface area (Å²) in [4.78, 5) is 6.36. The van der Waals surface area contributed by atoms with Gasteiger partial charge in [-0.25, -0.2) is 0 Å². The zero-order valence-corrected chi connectivity index (χ0v) is 10.1. The average Bonchev–Trinajstić information content (AvgIpc) is 2.05. The summed E-state index contributed by atoms with van der Waals surface area (Å²) in [7, 11) is 2.08. The molecule has 1 heterocycles. The lowest BCUT2D eigenvalue weighted by Gasteiger charge is -2.26. The predicted molar refractivity (Wildman–Crippen MR) is 63.6 cm³/mol. The molecule has 0 unspecified atom stereocenters. The number of hydrogen-bond donors (Lipinski definition) is 1. The third kappa shape index (κ3) is 4.40. The molecule has 3 heteroatoms. The van der Waals surface area contributed by atoms with Crippen molar-refractivity contribution < 1.29 is 0 Å². The lowest BCUT2D eigenvalue weighted by molar-refractivity contribution is 0.262.